The highest BCUT2D eigenvalue weighted by Gasteiger charge is 2.27. The average molecular weight is 328 g/mol. The van der Waals surface area contributed by atoms with Crippen molar-refractivity contribution in [3.63, 3.8) is 0 Å². The van der Waals surface area contributed by atoms with Gasteiger partial charge in [-0.3, -0.25) is 0 Å². The van der Waals surface area contributed by atoms with Crippen LogP contribution in [0.5, 0.6) is 0 Å². The molecule has 0 saturated carbocycles. The van der Waals surface area contributed by atoms with Crippen LogP contribution >= 0.6 is 11.8 Å². The van der Waals surface area contributed by atoms with Gasteiger partial charge >= 0.3 is 0 Å². The van der Waals surface area contributed by atoms with E-state index in [4.69, 9.17) is 5.73 Å². The molecule has 0 amide bonds. The van der Waals surface area contributed by atoms with Gasteiger partial charge in [0.15, 0.2) is 0 Å². The molecule has 1 aliphatic rings. The van der Waals surface area contributed by atoms with Gasteiger partial charge in [0.1, 0.15) is 10.7 Å². The van der Waals surface area contributed by atoms with Crippen LogP contribution in [0.25, 0.3) is 0 Å². The van der Waals surface area contributed by atoms with Crippen molar-refractivity contribution in [1.82, 2.24) is 4.31 Å². The van der Waals surface area contributed by atoms with Crippen LogP contribution in [-0.2, 0) is 10.0 Å². The Labute approximate surface area is 128 Å². The fraction of sp³-hybridized carbons (Fsp3) is 0.429. The molecule has 0 unspecified atom stereocenters. The topological polar surface area (TPSA) is 63.4 Å². The van der Waals surface area contributed by atoms with E-state index in [0.717, 1.165) is 24.0 Å². The summed E-state index contributed by atoms with van der Waals surface area (Å²) in [4.78, 5) is -0.285. The second-order valence-electron chi connectivity index (χ2n) is 4.52. The van der Waals surface area contributed by atoms with Crippen LogP contribution in [0, 0.1) is 17.7 Å². The Balaban J connectivity index is 2.31. The highest BCUT2D eigenvalue weighted by Crippen LogP contribution is 2.22. The van der Waals surface area contributed by atoms with Gasteiger partial charge in [-0.1, -0.05) is 11.8 Å². The van der Waals surface area contributed by atoms with Crippen molar-refractivity contribution in [2.45, 2.75) is 11.3 Å². The molecule has 0 aliphatic carbocycles. The maximum absolute atomic E-state index is 14.1. The van der Waals surface area contributed by atoms with E-state index >= 15 is 0 Å². The molecule has 1 aromatic rings. The Kier molecular flexibility index (Phi) is 5.65. The summed E-state index contributed by atoms with van der Waals surface area (Å²) in [5, 5.41) is 0. The summed E-state index contributed by atoms with van der Waals surface area (Å²) in [5.74, 6) is 6.20. The SMILES string of the molecule is NCC#Cc1ccc(S(=O)(=O)N2CCCSCC2)c(F)c1. The quantitative estimate of drug-likeness (QED) is 0.830. The lowest BCUT2D eigenvalue weighted by Gasteiger charge is -2.19. The summed E-state index contributed by atoms with van der Waals surface area (Å²) in [7, 11) is -3.78. The van der Waals surface area contributed by atoms with Crippen LogP contribution in [0.4, 0.5) is 4.39 Å². The Morgan fingerprint density at radius 3 is 2.86 bits per heavy atom. The van der Waals surface area contributed by atoms with Crippen molar-refractivity contribution >= 4 is 21.8 Å². The third-order valence-corrected chi connectivity index (χ3v) is 6.05. The Bertz CT molecular complexity index is 657. The Morgan fingerprint density at radius 2 is 2.14 bits per heavy atom. The van der Waals surface area contributed by atoms with E-state index < -0.39 is 15.8 Å². The number of nitrogens with two attached hydrogens (primary N) is 1. The highest BCUT2D eigenvalue weighted by atomic mass is 32.2. The van der Waals surface area contributed by atoms with Gasteiger partial charge in [-0.25, -0.2) is 12.8 Å². The number of halogens is 1. The second kappa shape index (κ2) is 7.27. The standard InChI is InChI=1S/C14H17FN2O2S2/c15-13-11-12(3-1-6-16)4-5-14(13)21(18,19)17-7-2-9-20-10-8-17/h4-5,11H,2,6-10,16H2. The monoisotopic (exact) mass is 328 g/mol. The van der Waals surface area contributed by atoms with Crippen LogP contribution < -0.4 is 5.73 Å². The third-order valence-electron chi connectivity index (χ3n) is 3.07. The highest BCUT2D eigenvalue weighted by molar-refractivity contribution is 7.99. The summed E-state index contributed by atoms with van der Waals surface area (Å²) < 4.78 is 40.5. The fourth-order valence-electron chi connectivity index (χ4n) is 2.04. The predicted octanol–water partition coefficient (Wildman–Crippen LogP) is 1.26. The minimum absolute atomic E-state index is 0.174. The lowest BCUT2D eigenvalue weighted by Crippen LogP contribution is -2.33. The first-order valence-corrected chi connectivity index (χ1v) is 9.21. The minimum Gasteiger partial charge on any atom is -0.320 e. The summed E-state index contributed by atoms with van der Waals surface area (Å²) in [6, 6.07) is 3.93. The van der Waals surface area contributed by atoms with Crippen molar-refractivity contribution < 1.29 is 12.8 Å². The van der Waals surface area contributed by atoms with E-state index in [-0.39, 0.29) is 11.4 Å². The summed E-state index contributed by atoms with van der Waals surface area (Å²) in [6.07, 6.45) is 0.783. The van der Waals surface area contributed by atoms with Gasteiger partial charge in [0.05, 0.1) is 6.54 Å². The molecule has 7 heteroatoms. The predicted molar refractivity (Wildman–Crippen MR) is 83.0 cm³/mol. The number of nitrogens with zero attached hydrogens (tertiary/aromatic N) is 1. The third kappa shape index (κ3) is 3.98. The zero-order valence-electron chi connectivity index (χ0n) is 11.5. The molecule has 0 bridgehead atoms. The van der Waals surface area contributed by atoms with Gasteiger partial charge in [0.2, 0.25) is 10.0 Å². The zero-order chi connectivity index (χ0) is 15.3. The van der Waals surface area contributed by atoms with Gasteiger partial charge in [-0.15, -0.1) is 0 Å². The lowest BCUT2D eigenvalue weighted by atomic mass is 10.2. The molecule has 114 valence electrons. The second-order valence-corrected chi connectivity index (χ2v) is 7.65. The first-order valence-electron chi connectivity index (χ1n) is 6.62. The number of benzene rings is 1. The van der Waals surface area contributed by atoms with Gasteiger partial charge in [0, 0.05) is 24.4 Å². The van der Waals surface area contributed by atoms with Crippen LogP contribution in [0.3, 0.4) is 0 Å². The lowest BCUT2D eigenvalue weighted by molar-refractivity contribution is 0.430. The summed E-state index contributed by atoms with van der Waals surface area (Å²) >= 11 is 1.72. The molecule has 1 heterocycles. The van der Waals surface area contributed by atoms with E-state index in [2.05, 4.69) is 11.8 Å². The van der Waals surface area contributed by atoms with E-state index in [1.165, 1.54) is 16.4 Å². The van der Waals surface area contributed by atoms with Crippen molar-refractivity contribution in [1.29, 1.82) is 0 Å². The minimum atomic E-state index is -3.78. The fourth-order valence-corrected chi connectivity index (χ4v) is 4.57. The van der Waals surface area contributed by atoms with Gasteiger partial charge in [0.25, 0.3) is 0 Å². The normalized spacial score (nSPS) is 16.9. The van der Waals surface area contributed by atoms with Crippen molar-refractivity contribution in [3.05, 3.63) is 29.6 Å². The van der Waals surface area contributed by atoms with E-state index in [9.17, 15) is 12.8 Å². The molecule has 1 aliphatic heterocycles. The van der Waals surface area contributed by atoms with E-state index in [1.54, 1.807) is 11.8 Å². The Hall–Kier alpha value is -1.07. The smallest absolute Gasteiger partial charge is 0.246 e. The number of sulfonamides is 1. The molecule has 0 spiro atoms. The first kappa shape index (κ1) is 16.3. The number of thioether (sulfide) groups is 1. The number of rotatable bonds is 2. The van der Waals surface area contributed by atoms with E-state index in [1.807, 2.05) is 0 Å². The molecular weight excluding hydrogens is 311 g/mol. The summed E-state index contributed by atoms with van der Waals surface area (Å²) in [5.41, 5.74) is 5.67. The van der Waals surface area contributed by atoms with Crippen LogP contribution in [-0.4, -0.2) is 43.9 Å². The molecule has 0 aromatic heterocycles. The van der Waals surface area contributed by atoms with Crippen LogP contribution in [0.1, 0.15) is 12.0 Å². The molecule has 2 rings (SSSR count). The molecule has 0 atom stereocenters. The molecule has 2 N–H and O–H groups in total. The van der Waals surface area contributed by atoms with Gasteiger partial charge in [-0.2, -0.15) is 16.1 Å². The van der Waals surface area contributed by atoms with Crippen LogP contribution in [0.15, 0.2) is 23.1 Å². The molecule has 0 radical (unpaired) electrons. The Morgan fingerprint density at radius 1 is 1.33 bits per heavy atom. The number of hydrogen-bond donors (Lipinski definition) is 1. The van der Waals surface area contributed by atoms with Crippen molar-refractivity contribution in [2.75, 3.05) is 31.1 Å². The molecule has 4 nitrogen and oxygen atoms in total. The molecule has 1 aromatic carbocycles. The molecule has 1 saturated heterocycles. The summed E-state index contributed by atoms with van der Waals surface area (Å²) in [6.45, 7) is 1.03. The van der Waals surface area contributed by atoms with Gasteiger partial charge < -0.3 is 5.73 Å². The van der Waals surface area contributed by atoms with Crippen LogP contribution in [0.2, 0.25) is 0 Å². The number of hydrogen-bond acceptors (Lipinski definition) is 4. The molecule has 21 heavy (non-hydrogen) atoms. The maximum Gasteiger partial charge on any atom is 0.246 e. The largest absolute Gasteiger partial charge is 0.320 e. The van der Waals surface area contributed by atoms with Gasteiger partial charge in [-0.05, 0) is 30.4 Å². The maximum atomic E-state index is 14.1. The van der Waals surface area contributed by atoms with Crippen molar-refractivity contribution in [2.24, 2.45) is 5.73 Å². The molecular formula is C14H17FN2O2S2. The zero-order valence-corrected chi connectivity index (χ0v) is 13.1. The molecule has 1 fully saturated rings. The van der Waals surface area contributed by atoms with E-state index in [0.29, 0.717) is 18.7 Å². The average Bonchev–Trinajstić information content (AvgIpc) is 2.74. The van der Waals surface area contributed by atoms with Crippen molar-refractivity contribution in [3.8, 4) is 11.8 Å². The first-order chi connectivity index (χ1) is 10.1.